The highest BCUT2D eigenvalue weighted by Crippen LogP contribution is 2.47. The molecule has 2 nitrogen and oxygen atoms in total. The zero-order valence-corrected chi connectivity index (χ0v) is 11.5. The van der Waals surface area contributed by atoms with Crippen molar-refractivity contribution in [2.45, 2.75) is 57.1 Å². The Morgan fingerprint density at radius 2 is 2.26 bits per heavy atom. The van der Waals surface area contributed by atoms with Crippen molar-refractivity contribution in [3.8, 4) is 5.75 Å². The quantitative estimate of drug-likeness (QED) is 0.832. The zero-order valence-electron chi connectivity index (χ0n) is 11.5. The third kappa shape index (κ3) is 2.36. The van der Waals surface area contributed by atoms with Gasteiger partial charge in [0.25, 0.3) is 0 Å². The molecule has 1 fully saturated rings. The van der Waals surface area contributed by atoms with Crippen molar-refractivity contribution in [1.82, 2.24) is 0 Å². The minimum absolute atomic E-state index is 0.0278. The molecule has 1 spiro atoms. The van der Waals surface area contributed by atoms with Crippen LogP contribution in [-0.4, -0.2) is 5.60 Å². The second-order valence-electron chi connectivity index (χ2n) is 6.15. The second-order valence-corrected chi connectivity index (χ2v) is 6.15. The van der Waals surface area contributed by atoms with Gasteiger partial charge in [-0.2, -0.15) is 0 Å². The molecule has 1 heterocycles. The fraction of sp³-hybridized carbons (Fsp3) is 0.625. The highest BCUT2D eigenvalue weighted by atomic mass is 19.1. The summed E-state index contributed by atoms with van der Waals surface area (Å²) in [6.45, 7) is 2.24. The first-order chi connectivity index (χ1) is 9.12. The second kappa shape index (κ2) is 4.78. The Morgan fingerprint density at radius 1 is 1.42 bits per heavy atom. The lowest BCUT2D eigenvalue weighted by molar-refractivity contribution is -0.0178. The summed E-state index contributed by atoms with van der Waals surface area (Å²) >= 11 is 0. The molecule has 0 aromatic heterocycles. The Kier molecular flexibility index (Phi) is 3.25. The van der Waals surface area contributed by atoms with E-state index in [4.69, 9.17) is 10.5 Å². The number of rotatable bonds is 1. The summed E-state index contributed by atoms with van der Waals surface area (Å²) in [6.07, 6.45) is 6.64. The van der Waals surface area contributed by atoms with E-state index in [1.165, 1.54) is 31.4 Å². The molecule has 1 saturated carbocycles. The van der Waals surface area contributed by atoms with Gasteiger partial charge in [-0.25, -0.2) is 4.39 Å². The van der Waals surface area contributed by atoms with Crippen molar-refractivity contribution < 1.29 is 9.13 Å². The number of hydrogen-bond acceptors (Lipinski definition) is 2. The SMILES string of the molecule is CCC1CCCC2(C1)C[C@@H](N)c1ccc(F)cc1O2. The fourth-order valence-electron chi connectivity index (χ4n) is 3.76. The first-order valence-corrected chi connectivity index (χ1v) is 7.36. The maximum Gasteiger partial charge on any atom is 0.127 e. The molecule has 3 rings (SSSR count). The van der Waals surface area contributed by atoms with Gasteiger partial charge >= 0.3 is 0 Å². The monoisotopic (exact) mass is 263 g/mol. The van der Waals surface area contributed by atoms with Gasteiger partial charge in [-0.05, 0) is 31.2 Å². The van der Waals surface area contributed by atoms with Gasteiger partial charge in [-0.1, -0.05) is 25.8 Å². The Bertz CT molecular complexity index is 476. The van der Waals surface area contributed by atoms with Crippen LogP contribution < -0.4 is 10.5 Å². The van der Waals surface area contributed by atoms with Crippen LogP contribution in [0, 0.1) is 11.7 Å². The van der Waals surface area contributed by atoms with E-state index in [9.17, 15) is 4.39 Å². The average Bonchev–Trinajstić information content (AvgIpc) is 2.38. The number of halogens is 1. The molecule has 19 heavy (non-hydrogen) atoms. The highest BCUT2D eigenvalue weighted by Gasteiger charge is 2.43. The van der Waals surface area contributed by atoms with Crippen molar-refractivity contribution in [3.05, 3.63) is 29.6 Å². The molecule has 0 saturated heterocycles. The Balaban J connectivity index is 1.90. The zero-order chi connectivity index (χ0) is 13.5. The molecule has 0 radical (unpaired) electrons. The maximum atomic E-state index is 13.4. The van der Waals surface area contributed by atoms with Crippen molar-refractivity contribution in [1.29, 1.82) is 0 Å². The van der Waals surface area contributed by atoms with Crippen LogP contribution in [0.3, 0.4) is 0 Å². The summed E-state index contributed by atoms with van der Waals surface area (Å²) in [5.74, 6) is 1.14. The van der Waals surface area contributed by atoms with E-state index in [-0.39, 0.29) is 17.5 Å². The fourth-order valence-corrected chi connectivity index (χ4v) is 3.76. The van der Waals surface area contributed by atoms with Crippen LogP contribution in [0.25, 0.3) is 0 Å². The molecule has 1 aromatic carbocycles. The summed E-state index contributed by atoms with van der Waals surface area (Å²) in [5.41, 5.74) is 7.08. The van der Waals surface area contributed by atoms with E-state index in [2.05, 4.69) is 6.92 Å². The lowest BCUT2D eigenvalue weighted by Crippen LogP contribution is -2.46. The van der Waals surface area contributed by atoms with Crippen molar-refractivity contribution in [2.75, 3.05) is 0 Å². The minimum atomic E-state index is -0.245. The van der Waals surface area contributed by atoms with Crippen LogP contribution in [0.15, 0.2) is 18.2 Å². The van der Waals surface area contributed by atoms with Crippen LogP contribution in [-0.2, 0) is 0 Å². The number of hydrogen-bond donors (Lipinski definition) is 1. The topological polar surface area (TPSA) is 35.2 Å². The molecule has 2 unspecified atom stereocenters. The maximum absolute atomic E-state index is 13.4. The van der Waals surface area contributed by atoms with E-state index in [1.54, 1.807) is 6.07 Å². The molecular formula is C16H22FNO. The summed E-state index contributed by atoms with van der Waals surface area (Å²) < 4.78 is 19.6. The minimum Gasteiger partial charge on any atom is -0.487 e. The predicted molar refractivity (Wildman–Crippen MR) is 73.6 cm³/mol. The van der Waals surface area contributed by atoms with E-state index in [1.807, 2.05) is 0 Å². The Morgan fingerprint density at radius 3 is 3.05 bits per heavy atom. The lowest BCUT2D eigenvalue weighted by Gasteiger charge is -2.46. The molecule has 3 atom stereocenters. The van der Waals surface area contributed by atoms with Crippen LogP contribution >= 0.6 is 0 Å². The lowest BCUT2D eigenvalue weighted by atomic mass is 9.72. The molecule has 0 amide bonds. The molecule has 1 aromatic rings. The number of nitrogens with two attached hydrogens (primary N) is 1. The molecule has 2 aliphatic rings. The van der Waals surface area contributed by atoms with Gasteiger partial charge in [-0.3, -0.25) is 0 Å². The largest absolute Gasteiger partial charge is 0.487 e. The number of benzene rings is 1. The van der Waals surface area contributed by atoms with E-state index >= 15 is 0 Å². The highest BCUT2D eigenvalue weighted by molar-refractivity contribution is 5.39. The standard InChI is InChI=1S/C16H22FNO/c1-2-11-4-3-7-16(9-11)10-14(18)13-6-5-12(17)8-15(13)19-16/h5-6,8,11,14H,2-4,7,9-10,18H2,1H3/t11?,14-,16?/m1/s1. The Labute approximate surface area is 114 Å². The van der Waals surface area contributed by atoms with Gasteiger partial charge in [-0.15, -0.1) is 0 Å². The van der Waals surface area contributed by atoms with Gasteiger partial charge < -0.3 is 10.5 Å². The molecular weight excluding hydrogens is 241 g/mol. The van der Waals surface area contributed by atoms with E-state index in [0.29, 0.717) is 5.75 Å². The molecule has 1 aliphatic heterocycles. The third-order valence-electron chi connectivity index (χ3n) is 4.78. The molecule has 1 aliphatic carbocycles. The average molecular weight is 263 g/mol. The van der Waals surface area contributed by atoms with Crippen LogP contribution in [0.4, 0.5) is 4.39 Å². The number of ether oxygens (including phenoxy) is 1. The van der Waals surface area contributed by atoms with Gasteiger partial charge in [0.05, 0.1) is 0 Å². The molecule has 3 heteroatoms. The van der Waals surface area contributed by atoms with Gasteiger partial charge in [0.2, 0.25) is 0 Å². The molecule has 104 valence electrons. The summed E-state index contributed by atoms with van der Waals surface area (Å²) in [4.78, 5) is 0. The normalized spacial score (nSPS) is 33.8. The Hall–Kier alpha value is -1.09. The van der Waals surface area contributed by atoms with Gasteiger partial charge in [0, 0.05) is 24.1 Å². The first kappa shape index (κ1) is 12.9. The van der Waals surface area contributed by atoms with Crippen molar-refractivity contribution >= 4 is 0 Å². The predicted octanol–water partition coefficient (Wildman–Crippen LogP) is 3.95. The summed E-state index contributed by atoms with van der Waals surface area (Å²) in [6, 6.07) is 4.70. The van der Waals surface area contributed by atoms with Gasteiger partial charge in [0.15, 0.2) is 0 Å². The molecule has 2 N–H and O–H groups in total. The summed E-state index contributed by atoms with van der Waals surface area (Å²) in [7, 11) is 0. The van der Waals surface area contributed by atoms with Crippen LogP contribution in [0.1, 0.15) is 57.1 Å². The third-order valence-corrected chi connectivity index (χ3v) is 4.78. The van der Waals surface area contributed by atoms with E-state index in [0.717, 1.165) is 30.7 Å². The smallest absolute Gasteiger partial charge is 0.127 e. The van der Waals surface area contributed by atoms with Crippen molar-refractivity contribution in [2.24, 2.45) is 11.7 Å². The number of fused-ring (bicyclic) bond motifs is 1. The first-order valence-electron chi connectivity index (χ1n) is 7.36. The van der Waals surface area contributed by atoms with Gasteiger partial charge in [0.1, 0.15) is 17.2 Å². The molecule has 0 bridgehead atoms. The van der Waals surface area contributed by atoms with Crippen LogP contribution in [0.5, 0.6) is 5.75 Å². The van der Waals surface area contributed by atoms with Crippen molar-refractivity contribution in [3.63, 3.8) is 0 Å². The van der Waals surface area contributed by atoms with E-state index < -0.39 is 0 Å². The van der Waals surface area contributed by atoms with Crippen LogP contribution in [0.2, 0.25) is 0 Å². The summed E-state index contributed by atoms with van der Waals surface area (Å²) in [5, 5.41) is 0.